The summed E-state index contributed by atoms with van der Waals surface area (Å²) < 4.78 is 10.7. The molecular formula is C18H21N3O4. The summed E-state index contributed by atoms with van der Waals surface area (Å²) in [5.41, 5.74) is 1.63. The Labute approximate surface area is 145 Å². The first-order valence-electron chi connectivity index (χ1n) is 8.78. The third-order valence-electron chi connectivity index (χ3n) is 5.25. The minimum atomic E-state index is -0.187. The number of carbonyl (C=O) groups excluding carboxylic acids is 2. The monoisotopic (exact) mass is 343 g/mol. The van der Waals surface area contributed by atoms with Gasteiger partial charge in [0, 0.05) is 25.1 Å². The fourth-order valence-electron chi connectivity index (χ4n) is 3.85. The molecule has 7 heteroatoms. The van der Waals surface area contributed by atoms with E-state index in [4.69, 9.17) is 9.26 Å². The van der Waals surface area contributed by atoms with Crippen molar-refractivity contribution < 1.29 is 18.8 Å². The van der Waals surface area contributed by atoms with Gasteiger partial charge in [-0.15, -0.1) is 0 Å². The number of amides is 1. The zero-order chi connectivity index (χ0) is 17.4. The molecule has 2 aromatic rings. The van der Waals surface area contributed by atoms with Crippen LogP contribution in [0.1, 0.15) is 41.7 Å². The Kier molecular flexibility index (Phi) is 4.25. The highest BCUT2D eigenvalue weighted by molar-refractivity contribution is 5.97. The molecule has 2 aliphatic rings. The second-order valence-electron chi connectivity index (χ2n) is 6.80. The first-order valence-corrected chi connectivity index (χ1v) is 8.78. The van der Waals surface area contributed by atoms with E-state index in [9.17, 15) is 9.59 Å². The predicted octanol–water partition coefficient (Wildman–Crippen LogP) is 2.13. The lowest BCUT2D eigenvalue weighted by Crippen LogP contribution is -2.54. The second-order valence-corrected chi connectivity index (χ2v) is 6.80. The van der Waals surface area contributed by atoms with Crippen LogP contribution in [0, 0.1) is 12.8 Å². The third-order valence-corrected chi connectivity index (χ3v) is 5.25. The van der Waals surface area contributed by atoms with Gasteiger partial charge < -0.3 is 14.2 Å². The molecule has 132 valence electrons. The number of carbonyl (C=O) groups is 2. The molecule has 1 amide bonds. The smallest absolute Gasteiger partial charge is 0.257 e. The number of aryl methyl sites for hydroxylation is 1. The summed E-state index contributed by atoms with van der Waals surface area (Å²) in [4.78, 5) is 31.5. The van der Waals surface area contributed by atoms with Crippen LogP contribution in [-0.4, -0.2) is 52.5 Å². The maximum absolute atomic E-state index is 13.1. The van der Waals surface area contributed by atoms with E-state index in [-0.39, 0.29) is 23.7 Å². The predicted molar refractivity (Wildman–Crippen MR) is 89.1 cm³/mol. The summed E-state index contributed by atoms with van der Waals surface area (Å²) in [5, 5.41) is 4.62. The van der Waals surface area contributed by atoms with Crippen molar-refractivity contribution >= 4 is 22.8 Å². The Bertz CT molecular complexity index is 816. The van der Waals surface area contributed by atoms with Crippen molar-refractivity contribution in [3.63, 3.8) is 0 Å². The largest absolute Gasteiger partial charge is 0.377 e. The zero-order valence-corrected chi connectivity index (χ0v) is 14.2. The highest BCUT2D eigenvalue weighted by Crippen LogP contribution is 2.29. The lowest BCUT2D eigenvalue weighted by Gasteiger charge is -2.40. The Morgan fingerprint density at radius 1 is 1.36 bits per heavy atom. The topological polar surface area (TPSA) is 85.5 Å². The van der Waals surface area contributed by atoms with Gasteiger partial charge in [-0.3, -0.25) is 9.59 Å². The lowest BCUT2D eigenvalue weighted by atomic mass is 9.82. The van der Waals surface area contributed by atoms with Gasteiger partial charge in [-0.2, -0.15) is 0 Å². The minimum absolute atomic E-state index is 0.110. The van der Waals surface area contributed by atoms with Gasteiger partial charge in [0.25, 0.3) is 11.6 Å². The molecule has 0 unspecified atom stereocenters. The van der Waals surface area contributed by atoms with Crippen LogP contribution in [0.5, 0.6) is 0 Å². The van der Waals surface area contributed by atoms with Crippen molar-refractivity contribution in [2.45, 2.75) is 38.6 Å². The Balaban J connectivity index is 1.63. The number of fused-ring (bicyclic) bond motifs is 1. The van der Waals surface area contributed by atoms with E-state index in [1.165, 1.54) is 6.20 Å². The second kappa shape index (κ2) is 6.55. The summed E-state index contributed by atoms with van der Waals surface area (Å²) >= 11 is 0. The number of hydrogen-bond donors (Lipinski definition) is 0. The normalized spacial score (nSPS) is 24.7. The maximum atomic E-state index is 13.1. The summed E-state index contributed by atoms with van der Waals surface area (Å²) in [5.74, 6) is 0.0247. The van der Waals surface area contributed by atoms with Gasteiger partial charge in [-0.05, 0) is 25.8 Å². The molecule has 3 heterocycles. The van der Waals surface area contributed by atoms with Crippen molar-refractivity contribution in [3.8, 4) is 0 Å². The van der Waals surface area contributed by atoms with Crippen LogP contribution in [0.2, 0.25) is 0 Å². The molecule has 0 radical (unpaired) electrons. The van der Waals surface area contributed by atoms with Crippen molar-refractivity contribution in [2.75, 3.05) is 19.8 Å². The zero-order valence-electron chi connectivity index (χ0n) is 14.2. The van der Waals surface area contributed by atoms with E-state index >= 15 is 0 Å². The van der Waals surface area contributed by atoms with Crippen LogP contribution in [0.4, 0.5) is 0 Å². The fraction of sp³-hybridized carbons (Fsp3) is 0.556. The first-order chi connectivity index (χ1) is 12.1. The number of hydrogen-bond acceptors (Lipinski definition) is 6. The Hall–Kier alpha value is -2.28. The van der Waals surface area contributed by atoms with Crippen LogP contribution in [0.15, 0.2) is 16.8 Å². The standard InChI is InChI=1S/C18H21N3O4/c1-11-14-8-12(9-19-17(14)25-20-11)18(23)21-6-7-24-10-15(21)13-4-2-3-5-16(13)22/h8-9,13,15H,2-7,10H2,1H3/t13-,15-/m0/s1. The average Bonchev–Trinajstić information content (AvgIpc) is 3.02. The molecule has 0 spiro atoms. The Morgan fingerprint density at radius 2 is 2.24 bits per heavy atom. The lowest BCUT2D eigenvalue weighted by molar-refractivity contribution is -0.129. The van der Waals surface area contributed by atoms with Crippen molar-refractivity contribution in [2.24, 2.45) is 5.92 Å². The van der Waals surface area contributed by atoms with Gasteiger partial charge in [0.1, 0.15) is 5.78 Å². The van der Waals surface area contributed by atoms with E-state index in [1.54, 1.807) is 11.0 Å². The average molecular weight is 343 g/mol. The molecule has 2 aromatic heterocycles. The molecule has 1 aliphatic carbocycles. The minimum Gasteiger partial charge on any atom is -0.377 e. The highest BCUT2D eigenvalue weighted by Gasteiger charge is 2.38. The molecule has 1 saturated heterocycles. The summed E-state index contributed by atoms with van der Waals surface area (Å²) in [6.07, 6.45) is 4.94. The van der Waals surface area contributed by atoms with E-state index in [2.05, 4.69) is 10.1 Å². The van der Waals surface area contributed by atoms with Crippen LogP contribution >= 0.6 is 0 Å². The molecule has 1 saturated carbocycles. The van der Waals surface area contributed by atoms with Crippen LogP contribution in [0.3, 0.4) is 0 Å². The van der Waals surface area contributed by atoms with E-state index < -0.39 is 0 Å². The van der Waals surface area contributed by atoms with Gasteiger partial charge in [0.15, 0.2) is 0 Å². The number of ketones is 1. The van der Waals surface area contributed by atoms with Crippen molar-refractivity contribution in [1.82, 2.24) is 15.0 Å². The highest BCUT2D eigenvalue weighted by atomic mass is 16.5. The number of pyridine rings is 1. The van der Waals surface area contributed by atoms with Gasteiger partial charge in [-0.1, -0.05) is 11.6 Å². The quantitative estimate of drug-likeness (QED) is 0.830. The molecule has 0 bridgehead atoms. The van der Waals surface area contributed by atoms with Gasteiger partial charge in [-0.25, -0.2) is 4.98 Å². The fourth-order valence-corrected chi connectivity index (χ4v) is 3.85. The number of ether oxygens (including phenoxy) is 1. The SMILES string of the molecule is Cc1noc2ncc(C(=O)N3CCOC[C@H]3[C@@H]3CCCCC3=O)cc12. The van der Waals surface area contributed by atoms with Gasteiger partial charge in [0.2, 0.25) is 0 Å². The third kappa shape index (κ3) is 2.93. The van der Waals surface area contributed by atoms with Crippen LogP contribution in [-0.2, 0) is 9.53 Å². The van der Waals surface area contributed by atoms with E-state index in [1.807, 2.05) is 6.92 Å². The molecule has 0 aromatic carbocycles. The molecule has 2 fully saturated rings. The molecule has 7 nitrogen and oxygen atoms in total. The van der Waals surface area contributed by atoms with Crippen molar-refractivity contribution in [3.05, 3.63) is 23.5 Å². The van der Waals surface area contributed by atoms with Gasteiger partial charge >= 0.3 is 0 Å². The number of Topliss-reactive ketones (excluding diaryl/α,β-unsaturated/α-hetero) is 1. The van der Waals surface area contributed by atoms with Crippen molar-refractivity contribution in [1.29, 1.82) is 0 Å². The van der Waals surface area contributed by atoms with E-state index in [0.29, 0.717) is 43.2 Å². The number of morpholine rings is 1. The molecule has 25 heavy (non-hydrogen) atoms. The van der Waals surface area contributed by atoms with Gasteiger partial charge in [0.05, 0.1) is 35.9 Å². The summed E-state index contributed by atoms with van der Waals surface area (Å²) in [7, 11) is 0. The number of rotatable bonds is 2. The number of nitrogens with zero attached hydrogens (tertiary/aromatic N) is 3. The van der Waals surface area contributed by atoms with Crippen LogP contribution in [0.25, 0.3) is 11.1 Å². The molecule has 4 rings (SSSR count). The molecule has 2 atom stereocenters. The molecule has 0 N–H and O–H groups in total. The summed E-state index contributed by atoms with van der Waals surface area (Å²) in [6, 6.07) is 1.58. The molecular weight excluding hydrogens is 322 g/mol. The molecule has 1 aliphatic heterocycles. The summed E-state index contributed by atoms with van der Waals surface area (Å²) in [6.45, 7) is 3.23. The Morgan fingerprint density at radius 3 is 3.08 bits per heavy atom. The van der Waals surface area contributed by atoms with E-state index in [0.717, 1.165) is 24.6 Å². The number of aromatic nitrogens is 2. The first kappa shape index (κ1) is 16.2. The van der Waals surface area contributed by atoms with Crippen LogP contribution < -0.4 is 0 Å². The maximum Gasteiger partial charge on any atom is 0.257 e.